The normalized spacial score (nSPS) is 10.7. The first kappa shape index (κ1) is 12.8. The minimum absolute atomic E-state index is 0.540. The SMILES string of the molecule is Cc1cccc(-c2nnc(CSc3ncccn3)o2)c1. The fraction of sp³-hybridized carbons (Fsp3) is 0.143. The summed E-state index contributed by atoms with van der Waals surface area (Å²) < 4.78 is 5.65. The van der Waals surface area contributed by atoms with E-state index in [4.69, 9.17) is 4.42 Å². The van der Waals surface area contributed by atoms with Crippen molar-refractivity contribution in [3.8, 4) is 11.5 Å². The summed E-state index contributed by atoms with van der Waals surface area (Å²) in [6.45, 7) is 2.03. The third-order valence-electron chi connectivity index (χ3n) is 2.60. The maximum atomic E-state index is 5.65. The zero-order chi connectivity index (χ0) is 13.8. The van der Waals surface area contributed by atoms with Gasteiger partial charge in [-0.2, -0.15) is 0 Å². The van der Waals surface area contributed by atoms with Gasteiger partial charge in [-0.25, -0.2) is 9.97 Å². The number of rotatable bonds is 4. The number of benzene rings is 1. The van der Waals surface area contributed by atoms with Crippen molar-refractivity contribution in [2.45, 2.75) is 17.8 Å². The van der Waals surface area contributed by atoms with Crippen LogP contribution in [0.25, 0.3) is 11.5 Å². The van der Waals surface area contributed by atoms with Gasteiger partial charge in [0.2, 0.25) is 11.8 Å². The van der Waals surface area contributed by atoms with Gasteiger partial charge in [0.05, 0.1) is 5.75 Å². The Morgan fingerprint density at radius 1 is 1.10 bits per heavy atom. The van der Waals surface area contributed by atoms with E-state index < -0.39 is 0 Å². The van der Waals surface area contributed by atoms with Crippen molar-refractivity contribution in [1.29, 1.82) is 0 Å². The van der Waals surface area contributed by atoms with Crippen molar-refractivity contribution in [1.82, 2.24) is 20.2 Å². The summed E-state index contributed by atoms with van der Waals surface area (Å²) in [5, 5.41) is 8.81. The van der Waals surface area contributed by atoms with Crippen LogP contribution in [0.5, 0.6) is 0 Å². The van der Waals surface area contributed by atoms with Crippen molar-refractivity contribution in [2.24, 2.45) is 0 Å². The average molecular weight is 284 g/mol. The quantitative estimate of drug-likeness (QED) is 0.541. The molecule has 2 heterocycles. The third-order valence-corrected chi connectivity index (χ3v) is 3.46. The van der Waals surface area contributed by atoms with Gasteiger partial charge >= 0.3 is 0 Å². The molecule has 0 aliphatic rings. The van der Waals surface area contributed by atoms with Gasteiger partial charge in [-0.1, -0.05) is 29.5 Å². The molecule has 0 fully saturated rings. The van der Waals surface area contributed by atoms with Gasteiger partial charge in [-0.3, -0.25) is 0 Å². The Morgan fingerprint density at radius 3 is 2.75 bits per heavy atom. The molecule has 0 amide bonds. The molecular weight excluding hydrogens is 272 g/mol. The molecule has 0 radical (unpaired) electrons. The fourth-order valence-corrected chi connectivity index (χ4v) is 2.33. The molecule has 0 atom stereocenters. The molecule has 0 aliphatic heterocycles. The Labute approximate surface area is 120 Å². The number of hydrogen-bond donors (Lipinski definition) is 0. The molecule has 0 saturated carbocycles. The van der Waals surface area contributed by atoms with Crippen LogP contribution in [-0.4, -0.2) is 20.2 Å². The molecule has 3 rings (SSSR count). The van der Waals surface area contributed by atoms with Crippen LogP contribution in [0.15, 0.2) is 52.3 Å². The Balaban J connectivity index is 1.71. The lowest BCUT2D eigenvalue weighted by Gasteiger charge is -1.96. The van der Waals surface area contributed by atoms with Gasteiger partial charge in [0.25, 0.3) is 0 Å². The predicted octanol–water partition coefficient (Wildman–Crippen LogP) is 3.13. The maximum absolute atomic E-state index is 5.65. The summed E-state index contributed by atoms with van der Waals surface area (Å²) in [6.07, 6.45) is 3.42. The first-order valence-corrected chi connectivity index (χ1v) is 7.09. The monoisotopic (exact) mass is 284 g/mol. The highest BCUT2D eigenvalue weighted by atomic mass is 32.2. The smallest absolute Gasteiger partial charge is 0.247 e. The first-order chi connectivity index (χ1) is 9.81. The van der Waals surface area contributed by atoms with E-state index in [1.165, 1.54) is 11.8 Å². The highest BCUT2D eigenvalue weighted by Crippen LogP contribution is 2.22. The Kier molecular flexibility index (Phi) is 3.73. The van der Waals surface area contributed by atoms with E-state index in [0.29, 0.717) is 22.7 Å². The Hall–Kier alpha value is -2.21. The molecule has 20 heavy (non-hydrogen) atoms. The minimum atomic E-state index is 0.540. The molecule has 0 unspecified atom stereocenters. The third kappa shape index (κ3) is 3.03. The van der Waals surface area contributed by atoms with Gasteiger partial charge in [0.15, 0.2) is 5.16 Å². The molecular formula is C14H12N4OS. The fourth-order valence-electron chi connectivity index (χ4n) is 1.69. The number of hydrogen-bond acceptors (Lipinski definition) is 6. The second-order valence-electron chi connectivity index (χ2n) is 4.19. The van der Waals surface area contributed by atoms with Crippen LogP contribution >= 0.6 is 11.8 Å². The number of aryl methyl sites for hydroxylation is 1. The van der Waals surface area contributed by atoms with E-state index in [1.807, 2.05) is 31.2 Å². The van der Waals surface area contributed by atoms with E-state index in [-0.39, 0.29) is 0 Å². The molecule has 6 heteroatoms. The van der Waals surface area contributed by atoms with Crippen LogP contribution in [-0.2, 0) is 5.75 Å². The van der Waals surface area contributed by atoms with Crippen LogP contribution in [0.4, 0.5) is 0 Å². The summed E-state index contributed by atoms with van der Waals surface area (Å²) in [7, 11) is 0. The van der Waals surface area contributed by atoms with Gasteiger partial charge < -0.3 is 4.42 Å². The van der Waals surface area contributed by atoms with E-state index >= 15 is 0 Å². The van der Waals surface area contributed by atoms with Crippen LogP contribution < -0.4 is 0 Å². The van der Waals surface area contributed by atoms with Crippen molar-refractivity contribution in [3.05, 3.63) is 54.2 Å². The molecule has 0 spiro atoms. The molecule has 0 bridgehead atoms. The molecule has 5 nitrogen and oxygen atoms in total. The number of nitrogens with zero attached hydrogens (tertiary/aromatic N) is 4. The Morgan fingerprint density at radius 2 is 1.95 bits per heavy atom. The summed E-state index contributed by atoms with van der Waals surface area (Å²) in [4.78, 5) is 8.26. The van der Waals surface area contributed by atoms with Crippen molar-refractivity contribution >= 4 is 11.8 Å². The predicted molar refractivity (Wildman–Crippen MR) is 76.1 cm³/mol. The van der Waals surface area contributed by atoms with Crippen molar-refractivity contribution in [2.75, 3.05) is 0 Å². The van der Waals surface area contributed by atoms with Crippen LogP contribution in [0.1, 0.15) is 11.5 Å². The van der Waals surface area contributed by atoms with E-state index in [1.54, 1.807) is 18.5 Å². The number of thioether (sulfide) groups is 1. The summed E-state index contributed by atoms with van der Waals surface area (Å²) >= 11 is 1.47. The van der Waals surface area contributed by atoms with Crippen LogP contribution in [0.2, 0.25) is 0 Å². The summed E-state index contributed by atoms with van der Waals surface area (Å²) in [5.41, 5.74) is 2.10. The molecule has 2 aromatic heterocycles. The maximum Gasteiger partial charge on any atom is 0.247 e. The Bertz CT molecular complexity index is 699. The minimum Gasteiger partial charge on any atom is -0.420 e. The summed E-state index contributed by atoms with van der Waals surface area (Å²) in [5.74, 6) is 1.67. The number of aromatic nitrogens is 4. The molecule has 3 aromatic rings. The molecule has 100 valence electrons. The zero-order valence-corrected chi connectivity index (χ0v) is 11.7. The van der Waals surface area contributed by atoms with E-state index in [2.05, 4.69) is 20.2 Å². The molecule has 0 N–H and O–H groups in total. The highest BCUT2D eigenvalue weighted by molar-refractivity contribution is 7.98. The molecule has 1 aromatic carbocycles. The van der Waals surface area contributed by atoms with E-state index in [0.717, 1.165) is 11.1 Å². The van der Waals surface area contributed by atoms with Gasteiger partial charge in [0.1, 0.15) is 0 Å². The first-order valence-electron chi connectivity index (χ1n) is 6.10. The van der Waals surface area contributed by atoms with Gasteiger partial charge in [-0.05, 0) is 25.1 Å². The lowest BCUT2D eigenvalue weighted by Crippen LogP contribution is -1.85. The van der Waals surface area contributed by atoms with Gasteiger partial charge in [0, 0.05) is 18.0 Å². The van der Waals surface area contributed by atoms with Gasteiger partial charge in [-0.15, -0.1) is 10.2 Å². The van der Waals surface area contributed by atoms with Crippen molar-refractivity contribution < 1.29 is 4.42 Å². The lowest BCUT2D eigenvalue weighted by atomic mass is 10.1. The van der Waals surface area contributed by atoms with Crippen LogP contribution in [0, 0.1) is 6.92 Å². The largest absolute Gasteiger partial charge is 0.420 e. The van der Waals surface area contributed by atoms with Crippen molar-refractivity contribution in [3.63, 3.8) is 0 Å². The highest BCUT2D eigenvalue weighted by Gasteiger charge is 2.09. The zero-order valence-electron chi connectivity index (χ0n) is 10.9. The second kappa shape index (κ2) is 5.83. The standard InChI is InChI=1S/C14H12N4OS/c1-10-4-2-5-11(8-10)13-18-17-12(19-13)9-20-14-15-6-3-7-16-14/h2-8H,9H2,1H3. The topological polar surface area (TPSA) is 64.7 Å². The van der Waals surface area contributed by atoms with Crippen LogP contribution in [0.3, 0.4) is 0 Å². The van der Waals surface area contributed by atoms with E-state index in [9.17, 15) is 0 Å². The molecule has 0 saturated heterocycles. The average Bonchev–Trinajstić information content (AvgIpc) is 2.95. The molecule has 0 aliphatic carbocycles. The summed E-state index contributed by atoms with van der Waals surface area (Å²) in [6, 6.07) is 9.76. The second-order valence-corrected chi connectivity index (χ2v) is 5.13. The lowest BCUT2D eigenvalue weighted by molar-refractivity contribution is 0.528.